The van der Waals surface area contributed by atoms with Gasteiger partial charge in [-0.1, -0.05) is 12.8 Å². The SMILES string of the molecule is CCn1nccc1C(=O)N1CCCC(c2nnc3n2CCN(C2CCCC2)C3)C1. The predicted octanol–water partition coefficient (Wildman–Crippen LogP) is 2.27. The molecule has 0 radical (unpaired) electrons. The van der Waals surface area contributed by atoms with Crippen LogP contribution in [0.15, 0.2) is 12.3 Å². The fourth-order valence-corrected chi connectivity index (χ4v) is 5.38. The van der Waals surface area contributed by atoms with Crippen molar-refractivity contribution < 1.29 is 4.79 Å². The highest BCUT2D eigenvalue weighted by Gasteiger charge is 2.33. The number of nitrogens with zero attached hydrogens (tertiary/aromatic N) is 7. The highest BCUT2D eigenvalue weighted by Crippen LogP contribution is 2.30. The predicted molar refractivity (Wildman–Crippen MR) is 108 cm³/mol. The Labute approximate surface area is 171 Å². The average Bonchev–Trinajstić information content (AvgIpc) is 3.53. The van der Waals surface area contributed by atoms with E-state index in [4.69, 9.17) is 0 Å². The number of carbonyl (C=O) groups excluding carboxylic acids is 1. The molecule has 0 aromatic carbocycles. The van der Waals surface area contributed by atoms with Gasteiger partial charge in [0.25, 0.3) is 5.91 Å². The van der Waals surface area contributed by atoms with Crippen LogP contribution in [0.4, 0.5) is 0 Å². The first-order valence-electron chi connectivity index (χ1n) is 11.2. The van der Waals surface area contributed by atoms with E-state index in [1.807, 2.05) is 17.9 Å². The van der Waals surface area contributed by atoms with Crippen LogP contribution in [0.3, 0.4) is 0 Å². The Hall–Kier alpha value is -2.22. The summed E-state index contributed by atoms with van der Waals surface area (Å²) in [6.07, 6.45) is 9.17. The van der Waals surface area contributed by atoms with Crippen LogP contribution in [0, 0.1) is 0 Å². The van der Waals surface area contributed by atoms with Gasteiger partial charge in [-0.05, 0) is 38.7 Å². The topological polar surface area (TPSA) is 72.1 Å². The Morgan fingerprint density at radius 2 is 1.97 bits per heavy atom. The quantitative estimate of drug-likeness (QED) is 0.791. The van der Waals surface area contributed by atoms with Gasteiger partial charge in [-0.15, -0.1) is 10.2 Å². The molecule has 2 aliphatic heterocycles. The number of hydrogen-bond acceptors (Lipinski definition) is 5. The molecule has 5 rings (SSSR count). The second-order valence-electron chi connectivity index (χ2n) is 8.66. The molecule has 1 amide bonds. The normalized spacial score (nSPS) is 23.5. The molecule has 1 unspecified atom stereocenters. The lowest BCUT2D eigenvalue weighted by molar-refractivity contribution is 0.0689. The Bertz CT molecular complexity index is 866. The van der Waals surface area contributed by atoms with Gasteiger partial charge in [0, 0.05) is 50.9 Å². The van der Waals surface area contributed by atoms with Gasteiger partial charge in [0.05, 0.1) is 6.54 Å². The van der Waals surface area contributed by atoms with E-state index in [0.717, 1.165) is 63.3 Å². The number of hydrogen-bond donors (Lipinski definition) is 0. The van der Waals surface area contributed by atoms with Crippen LogP contribution in [0.1, 0.15) is 73.5 Å². The zero-order valence-electron chi connectivity index (χ0n) is 17.3. The third-order valence-corrected chi connectivity index (χ3v) is 6.96. The minimum atomic E-state index is 0.0832. The number of carbonyl (C=O) groups is 1. The number of piperidine rings is 1. The number of aryl methyl sites for hydroxylation is 1. The highest BCUT2D eigenvalue weighted by atomic mass is 16.2. The van der Waals surface area contributed by atoms with Crippen LogP contribution in [0.25, 0.3) is 0 Å². The molecule has 0 spiro atoms. The maximum Gasteiger partial charge on any atom is 0.272 e. The van der Waals surface area contributed by atoms with Crippen LogP contribution >= 0.6 is 0 Å². The van der Waals surface area contributed by atoms with Gasteiger partial charge >= 0.3 is 0 Å². The standard InChI is InChI=1S/C21H31N7O/c1-2-28-18(9-10-22-28)21(29)26-11-5-6-16(14-26)20-24-23-19-15-25(12-13-27(19)20)17-7-3-4-8-17/h9-10,16-17H,2-8,11-15H2,1H3. The van der Waals surface area contributed by atoms with Crippen molar-refractivity contribution in [3.8, 4) is 0 Å². The van der Waals surface area contributed by atoms with Crippen molar-refractivity contribution in [3.05, 3.63) is 29.6 Å². The maximum atomic E-state index is 13.1. The number of amides is 1. The molecule has 4 heterocycles. The van der Waals surface area contributed by atoms with Crippen molar-refractivity contribution in [2.24, 2.45) is 0 Å². The maximum absolute atomic E-state index is 13.1. The Morgan fingerprint density at radius 3 is 2.79 bits per heavy atom. The summed E-state index contributed by atoms with van der Waals surface area (Å²) in [5.41, 5.74) is 0.684. The van der Waals surface area contributed by atoms with Crippen LogP contribution in [-0.4, -0.2) is 65.9 Å². The summed E-state index contributed by atoms with van der Waals surface area (Å²) < 4.78 is 4.11. The molecule has 3 aliphatic rings. The number of rotatable bonds is 4. The lowest BCUT2D eigenvalue weighted by Gasteiger charge is -2.35. The third kappa shape index (κ3) is 3.47. The second-order valence-corrected chi connectivity index (χ2v) is 8.66. The van der Waals surface area contributed by atoms with E-state index in [2.05, 4.69) is 24.8 Å². The van der Waals surface area contributed by atoms with Crippen molar-refractivity contribution in [2.45, 2.75) is 77.0 Å². The first kappa shape index (κ1) is 18.8. The average molecular weight is 398 g/mol. The summed E-state index contributed by atoms with van der Waals surface area (Å²) in [6.45, 7) is 7.23. The van der Waals surface area contributed by atoms with E-state index in [0.29, 0.717) is 12.2 Å². The molecule has 1 saturated heterocycles. The molecule has 2 aromatic rings. The second kappa shape index (κ2) is 7.89. The van der Waals surface area contributed by atoms with Gasteiger partial charge < -0.3 is 9.47 Å². The molecule has 8 nitrogen and oxygen atoms in total. The van der Waals surface area contributed by atoms with Gasteiger partial charge in [-0.2, -0.15) is 5.10 Å². The fraction of sp³-hybridized carbons (Fsp3) is 0.714. The summed E-state index contributed by atoms with van der Waals surface area (Å²) >= 11 is 0. The van der Waals surface area contributed by atoms with Crippen molar-refractivity contribution in [1.29, 1.82) is 0 Å². The molecule has 0 N–H and O–H groups in total. The van der Waals surface area contributed by atoms with Crippen molar-refractivity contribution in [2.75, 3.05) is 19.6 Å². The van der Waals surface area contributed by atoms with Gasteiger partial charge in [0.1, 0.15) is 17.3 Å². The largest absolute Gasteiger partial charge is 0.337 e. The number of likely N-dealkylation sites (tertiary alicyclic amines) is 1. The molecule has 2 aromatic heterocycles. The van der Waals surface area contributed by atoms with Gasteiger partial charge in [0.15, 0.2) is 0 Å². The molecule has 156 valence electrons. The van der Waals surface area contributed by atoms with E-state index in [1.54, 1.807) is 10.9 Å². The molecule has 8 heteroatoms. The van der Waals surface area contributed by atoms with Crippen molar-refractivity contribution >= 4 is 5.91 Å². The molecule has 1 atom stereocenters. The summed E-state index contributed by atoms with van der Waals surface area (Å²) in [5.74, 6) is 2.53. The van der Waals surface area contributed by atoms with Crippen molar-refractivity contribution in [1.82, 2.24) is 34.3 Å². The van der Waals surface area contributed by atoms with E-state index < -0.39 is 0 Å². The fourth-order valence-electron chi connectivity index (χ4n) is 5.38. The van der Waals surface area contributed by atoms with E-state index in [1.165, 1.54) is 25.7 Å². The molecule has 1 aliphatic carbocycles. The lowest BCUT2D eigenvalue weighted by atomic mass is 9.96. The minimum Gasteiger partial charge on any atom is -0.337 e. The minimum absolute atomic E-state index is 0.0832. The molecular formula is C21H31N7O. The molecule has 2 fully saturated rings. The van der Waals surface area contributed by atoms with Crippen LogP contribution in [0.5, 0.6) is 0 Å². The molecule has 1 saturated carbocycles. The summed E-state index contributed by atoms with van der Waals surface area (Å²) in [7, 11) is 0. The Morgan fingerprint density at radius 1 is 1.10 bits per heavy atom. The van der Waals surface area contributed by atoms with Crippen LogP contribution < -0.4 is 0 Å². The van der Waals surface area contributed by atoms with Crippen LogP contribution in [0.2, 0.25) is 0 Å². The summed E-state index contributed by atoms with van der Waals surface area (Å²) in [4.78, 5) is 17.6. The number of aromatic nitrogens is 5. The highest BCUT2D eigenvalue weighted by molar-refractivity contribution is 5.92. The molecular weight excluding hydrogens is 366 g/mol. The molecule has 0 bridgehead atoms. The zero-order valence-corrected chi connectivity index (χ0v) is 17.3. The van der Waals surface area contributed by atoms with E-state index in [-0.39, 0.29) is 11.8 Å². The molecule has 29 heavy (non-hydrogen) atoms. The summed E-state index contributed by atoms with van der Waals surface area (Å²) in [5, 5.41) is 13.4. The van der Waals surface area contributed by atoms with Gasteiger partial charge in [0.2, 0.25) is 0 Å². The summed E-state index contributed by atoms with van der Waals surface area (Å²) in [6, 6.07) is 2.56. The Balaban J connectivity index is 1.30. The van der Waals surface area contributed by atoms with Gasteiger partial charge in [-0.3, -0.25) is 14.4 Å². The lowest BCUT2D eigenvalue weighted by Crippen LogP contribution is -2.42. The first-order chi connectivity index (χ1) is 14.2. The third-order valence-electron chi connectivity index (χ3n) is 6.96. The number of fused-ring (bicyclic) bond motifs is 1. The van der Waals surface area contributed by atoms with E-state index >= 15 is 0 Å². The Kier molecular flexibility index (Phi) is 5.11. The van der Waals surface area contributed by atoms with Gasteiger partial charge in [-0.25, -0.2) is 0 Å². The zero-order chi connectivity index (χ0) is 19.8. The van der Waals surface area contributed by atoms with Crippen molar-refractivity contribution in [3.63, 3.8) is 0 Å². The smallest absolute Gasteiger partial charge is 0.272 e. The van der Waals surface area contributed by atoms with E-state index in [9.17, 15) is 4.79 Å². The van der Waals surface area contributed by atoms with Crippen LogP contribution in [-0.2, 0) is 19.6 Å². The monoisotopic (exact) mass is 397 g/mol. The first-order valence-corrected chi connectivity index (χ1v) is 11.2.